The minimum absolute atomic E-state index is 0.0922. The van der Waals surface area contributed by atoms with Gasteiger partial charge in [0.1, 0.15) is 11.8 Å². The molecule has 1 aromatic carbocycles. The Labute approximate surface area is 162 Å². The van der Waals surface area contributed by atoms with Crippen LogP contribution in [0.1, 0.15) is 62.3 Å². The highest BCUT2D eigenvalue weighted by atomic mass is 35.5. The molecule has 0 aliphatic carbocycles. The fourth-order valence-corrected chi connectivity index (χ4v) is 4.21. The second kappa shape index (κ2) is 8.70. The fraction of sp³-hybridized carbons (Fsp3) is 0.650. The van der Waals surface area contributed by atoms with Gasteiger partial charge in [0.25, 0.3) is 0 Å². The van der Waals surface area contributed by atoms with Gasteiger partial charge in [-0.15, -0.1) is 5.10 Å². The molecule has 0 radical (unpaired) electrons. The van der Waals surface area contributed by atoms with Crippen LogP contribution in [0.25, 0.3) is 0 Å². The minimum Gasteiger partial charge on any atom is -0.496 e. The van der Waals surface area contributed by atoms with Gasteiger partial charge in [-0.2, -0.15) is 0 Å². The summed E-state index contributed by atoms with van der Waals surface area (Å²) in [7, 11) is 1.73. The first-order valence-corrected chi connectivity index (χ1v) is 9.66. The van der Waals surface area contributed by atoms with Gasteiger partial charge in [0.15, 0.2) is 0 Å². The highest BCUT2D eigenvalue weighted by Crippen LogP contribution is 2.42. The molecule has 0 amide bonds. The van der Waals surface area contributed by atoms with E-state index in [4.69, 9.17) is 16.3 Å². The zero-order valence-electron chi connectivity index (χ0n) is 16.7. The lowest BCUT2D eigenvalue weighted by atomic mass is 9.84. The Morgan fingerprint density at radius 1 is 1.46 bits per heavy atom. The van der Waals surface area contributed by atoms with Crippen molar-refractivity contribution < 1.29 is 15.3 Å². The summed E-state index contributed by atoms with van der Waals surface area (Å²) >= 11 is 6.57. The molecule has 1 heterocycles. The van der Waals surface area contributed by atoms with E-state index in [-0.39, 0.29) is 6.04 Å². The number of quaternary nitrogens is 1. The molecule has 26 heavy (non-hydrogen) atoms. The van der Waals surface area contributed by atoms with E-state index in [1.54, 1.807) is 7.11 Å². The van der Waals surface area contributed by atoms with Crippen LogP contribution in [0.4, 0.5) is 0 Å². The SMILES string of the molecule is C=N[NH2+]C(C)c1cc(Cl)c(C)c(C2CCN(CC(C)(C)O)CC2)c1OC. The highest BCUT2D eigenvalue weighted by molar-refractivity contribution is 6.31. The van der Waals surface area contributed by atoms with Gasteiger partial charge in [-0.05, 0) is 71.2 Å². The average molecular weight is 383 g/mol. The summed E-state index contributed by atoms with van der Waals surface area (Å²) in [6, 6.07) is 2.09. The molecule has 1 aliphatic rings. The number of piperidine rings is 1. The molecular formula is C20H33ClN3O2+. The van der Waals surface area contributed by atoms with Crippen molar-refractivity contribution in [2.45, 2.75) is 58.1 Å². The van der Waals surface area contributed by atoms with E-state index in [1.165, 1.54) is 5.56 Å². The molecule has 0 saturated carbocycles. The maximum Gasteiger partial charge on any atom is 0.136 e. The van der Waals surface area contributed by atoms with Gasteiger partial charge in [-0.3, -0.25) is 0 Å². The lowest BCUT2D eigenvalue weighted by Gasteiger charge is -2.36. The molecular weight excluding hydrogens is 350 g/mol. The van der Waals surface area contributed by atoms with Crippen molar-refractivity contribution in [2.75, 3.05) is 26.7 Å². The van der Waals surface area contributed by atoms with Gasteiger partial charge >= 0.3 is 0 Å². The normalized spacial score (nSPS) is 18.0. The number of ether oxygens (including phenoxy) is 1. The first kappa shape index (κ1) is 21.2. The summed E-state index contributed by atoms with van der Waals surface area (Å²) in [5.41, 5.74) is 4.55. The quantitative estimate of drug-likeness (QED) is 0.433. The molecule has 1 saturated heterocycles. The molecule has 0 bridgehead atoms. The number of β-amino-alcohol motifs (C(OH)–C–C–N with tert-alkyl or cyclic N) is 1. The molecule has 0 spiro atoms. The first-order chi connectivity index (χ1) is 12.2. The second-order valence-electron chi connectivity index (χ2n) is 8.00. The number of methoxy groups -OCH3 is 1. The summed E-state index contributed by atoms with van der Waals surface area (Å²) < 4.78 is 5.85. The molecule has 1 fully saturated rings. The Kier molecular flexibility index (Phi) is 7.08. The Hall–Kier alpha value is -1.14. The number of halogens is 1. The number of aliphatic hydroxyl groups is 1. The highest BCUT2D eigenvalue weighted by Gasteiger charge is 2.30. The van der Waals surface area contributed by atoms with Crippen molar-refractivity contribution in [3.63, 3.8) is 0 Å². The summed E-state index contributed by atoms with van der Waals surface area (Å²) in [6.45, 7) is 14.1. The largest absolute Gasteiger partial charge is 0.496 e. The van der Waals surface area contributed by atoms with Crippen LogP contribution in [0.2, 0.25) is 5.02 Å². The van der Waals surface area contributed by atoms with Crippen molar-refractivity contribution >= 4 is 18.3 Å². The maximum atomic E-state index is 10.1. The number of benzene rings is 1. The van der Waals surface area contributed by atoms with Gasteiger partial charge in [0.2, 0.25) is 0 Å². The van der Waals surface area contributed by atoms with Gasteiger partial charge in [-0.1, -0.05) is 11.6 Å². The standard InChI is InChI=1S/C20H32ClN3O2/c1-13-17(21)11-16(14(2)23-22-5)19(26-6)18(13)15-7-9-24(10-8-15)12-20(3,4)25/h11,14-15,23,25H,5,7-10,12H2,1-4,6H3/p+1. The van der Waals surface area contributed by atoms with Crippen molar-refractivity contribution in [1.82, 2.24) is 4.90 Å². The van der Waals surface area contributed by atoms with Crippen LogP contribution in [0.3, 0.4) is 0 Å². The van der Waals surface area contributed by atoms with Crippen molar-refractivity contribution in [3.8, 4) is 5.75 Å². The topological polar surface area (TPSA) is 61.7 Å². The lowest BCUT2D eigenvalue weighted by molar-refractivity contribution is -0.698. The van der Waals surface area contributed by atoms with Crippen LogP contribution in [-0.2, 0) is 0 Å². The van der Waals surface area contributed by atoms with E-state index < -0.39 is 5.60 Å². The third-order valence-electron chi connectivity index (χ3n) is 5.18. The van der Waals surface area contributed by atoms with E-state index in [2.05, 4.69) is 30.6 Å². The average Bonchev–Trinajstić information content (AvgIpc) is 2.56. The third-order valence-corrected chi connectivity index (χ3v) is 5.57. The van der Waals surface area contributed by atoms with Crippen LogP contribution >= 0.6 is 11.6 Å². The van der Waals surface area contributed by atoms with E-state index in [0.717, 1.165) is 47.8 Å². The molecule has 1 unspecified atom stereocenters. The molecule has 1 aliphatic heterocycles. The second-order valence-corrected chi connectivity index (χ2v) is 8.41. The van der Waals surface area contributed by atoms with Crippen molar-refractivity contribution in [2.24, 2.45) is 5.10 Å². The summed E-state index contributed by atoms with van der Waals surface area (Å²) in [5, 5.41) is 14.8. The van der Waals surface area contributed by atoms with E-state index in [1.807, 2.05) is 25.3 Å². The zero-order chi connectivity index (χ0) is 19.5. The Morgan fingerprint density at radius 3 is 2.58 bits per heavy atom. The predicted octanol–water partition coefficient (Wildman–Crippen LogP) is 2.85. The van der Waals surface area contributed by atoms with Crippen LogP contribution < -0.4 is 10.2 Å². The van der Waals surface area contributed by atoms with E-state index >= 15 is 0 Å². The summed E-state index contributed by atoms with van der Waals surface area (Å²) in [6.07, 6.45) is 2.07. The number of nitrogens with two attached hydrogens (primary N) is 1. The van der Waals surface area contributed by atoms with Gasteiger partial charge in [0.05, 0.1) is 18.3 Å². The Bertz CT molecular complexity index is 635. The van der Waals surface area contributed by atoms with Crippen molar-refractivity contribution in [3.05, 3.63) is 27.8 Å². The van der Waals surface area contributed by atoms with Gasteiger partial charge < -0.3 is 14.7 Å². The van der Waals surface area contributed by atoms with E-state index in [9.17, 15) is 5.11 Å². The van der Waals surface area contributed by atoms with Gasteiger partial charge in [-0.25, -0.2) is 5.43 Å². The molecule has 0 aromatic heterocycles. The number of hydrogen-bond donors (Lipinski definition) is 2. The monoisotopic (exact) mass is 382 g/mol. The fourth-order valence-electron chi connectivity index (χ4n) is 3.99. The maximum absolute atomic E-state index is 10.1. The number of likely N-dealkylation sites (tertiary alicyclic amines) is 1. The number of hydrogen-bond acceptors (Lipinski definition) is 4. The molecule has 1 atom stereocenters. The van der Waals surface area contributed by atoms with Crippen LogP contribution in [-0.4, -0.2) is 49.1 Å². The van der Waals surface area contributed by atoms with E-state index in [0.29, 0.717) is 12.5 Å². The number of rotatable bonds is 7. The molecule has 2 rings (SSSR count). The Morgan fingerprint density at radius 2 is 2.08 bits per heavy atom. The first-order valence-electron chi connectivity index (χ1n) is 9.28. The summed E-state index contributed by atoms with van der Waals surface area (Å²) in [5.74, 6) is 1.34. The minimum atomic E-state index is -0.660. The molecule has 3 N–H and O–H groups in total. The van der Waals surface area contributed by atoms with Gasteiger partial charge in [0, 0.05) is 23.8 Å². The zero-order valence-corrected chi connectivity index (χ0v) is 17.4. The van der Waals surface area contributed by atoms with Crippen molar-refractivity contribution in [1.29, 1.82) is 0 Å². The van der Waals surface area contributed by atoms with Crippen LogP contribution in [0.5, 0.6) is 5.75 Å². The number of nitrogens with zero attached hydrogens (tertiary/aromatic N) is 2. The third kappa shape index (κ3) is 4.97. The summed E-state index contributed by atoms with van der Waals surface area (Å²) in [4.78, 5) is 2.34. The van der Waals surface area contributed by atoms with Crippen LogP contribution in [0.15, 0.2) is 11.2 Å². The molecule has 6 heteroatoms. The van der Waals surface area contributed by atoms with Crippen LogP contribution in [0, 0.1) is 6.92 Å². The smallest absolute Gasteiger partial charge is 0.136 e. The lowest BCUT2D eigenvalue weighted by Crippen LogP contribution is -2.78. The molecule has 5 nitrogen and oxygen atoms in total. The Balaban J connectivity index is 2.30. The molecule has 1 aromatic rings. The predicted molar refractivity (Wildman–Crippen MR) is 107 cm³/mol. The molecule has 146 valence electrons.